The number of fused-ring (bicyclic) bond motifs is 1. The molecular weight excluding hydrogens is 458 g/mol. The van der Waals surface area contributed by atoms with Crippen LogP contribution in [0.5, 0.6) is 0 Å². The van der Waals surface area contributed by atoms with Gasteiger partial charge in [-0.3, -0.25) is 14.4 Å². The number of carboxylic acids is 1. The summed E-state index contributed by atoms with van der Waals surface area (Å²) in [7, 11) is -3.75. The van der Waals surface area contributed by atoms with Crippen LogP contribution in [0.4, 0.5) is 0 Å². The van der Waals surface area contributed by atoms with Gasteiger partial charge in [0.25, 0.3) is 0 Å². The van der Waals surface area contributed by atoms with Crippen LogP contribution in [0.25, 0.3) is 0 Å². The van der Waals surface area contributed by atoms with Crippen LogP contribution in [-0.2, 0) is 21.2 Å². The van der Waals surface area contributed by atoms with Crippen molar-refractivity contribution in [2.75, 3.05) is 5.75 Å². The molecule has 3 aromatic rings. The SMILES string of the molecule is C=CCS(=O)(=O)c1sccc1C(=O)c1cc2n(c1C(=O)c1ccsc1)CCC2C(=O)O. The largest absolute Gasteiger partial charge is 0.481 e. The van der Waals surface area contributed by atoms with Crippen molar-refractivity contribution in [2.24, 2.45) is 0 Å². The van der Waals surface area contributed by atoms with Gasteiger partial charge in [0.1, 0.15) is 9.90 Å². The molecule has 1 N–H and O–H groups in total. The van der Waals surface area contributed by atoms with Crippen molar-refractivity contribution in [3.8, 4) is 0 Å². The van der Waals surface area contributed by atoms with Crippen LogP contribution in [0.3, 0.4) is 0 Å². The van der Waals surface area contributed by atoms with E-state index >= 15 is 0 Å². The van der Waals surface area contributed by atoms with Gasteiger partial charge >= 0.3 is 5.97 Å². The molecule has 0 saturated carbocycles. The van der Waals surface area contributed by atoms with E-state index in [2.05, 4.69) is 6.58 Å². The Morgan fingerprint density at radius 1 is 1.19 bits per heavy atom. The lowest BCUT2D eigenvalue weighted by molar-refractivity contribution is -0.138. The molecule has 0 aliphatic carbocycles. The first kappa shape index (κ1) is 21.4. The number of carbonyl (C=O) groups is 3. The fraction of sp³-hybridized carbons (Fsp3) is 0.190. The number of carbonyl (C=O) groups excluding carboxylic acids is 2. The molecule has 4 heterocycles. The van der Waals surface area contributed by atoms with Gasteiger partial charge in [0.15, 0.2) is 15.6 Å². The summed E-state index contributed by atoms with van der Waals surface area (Å²) in [6, 6.07) is 4.48. The highest BCUT2D eigenvalue weighted by molar-refractivity contribution is 7.93. The van der Waals surface area contributed by atoms with Crippen LogP contribution in [0, 0.1) is 0 Å². The van der Waals surface area contributed by atoms with Crippen molar-refractivity contribution in [2.45, 2.75) is 23.1 Å². The van der Waals surface area contributed by atoms with E-state index in [0.29, 0.717) is 17.7 Å². The molecule has 0 amide bonds. The van der Waals surface area contributed by atoms with Gasteiger partial charge in [-0.25, -0.2) is 8.42 Å². The third kappa shape index (κ3) is 3.60. The zero-order valence-electron chi connectivity index (χ0n) is 16.1. The van der Waals surface area contributed by atoms with Gasteiger partial charge in [-0.15, -0.1) is 17.9 Å². The topological polar surface area (TPSA) is 111 Å². The molecule has 7 nitrogen and oxygen atoms in total. The molecule has 1 aliphatic rings. The molecule has 160 valence electrons. The summed E-state index contributed by atoms with van der Waals surface area (Å²) in [6.07, 6.45) is 1.57. The van der Waals surface area contributed by atoms with Gasteiger partial charge in [0.05, 0.1) is 22.8 Å². The number of hydrogen-bond donors (Lipinski definition) is 1. The smallest absolute Gasteiger partial charge is 0.312 e. The van der Waals surface area contributed by atoms with E-state index in [1.165, 1.54) is 34.9 Å². The van der Waals surface area contributed by atoms with Crippen LogP contribution in [0.2, 0.25) is 0 Å². The van der Waals surface area contributed by atoms with Crippen molar-refractivity contribution in [3.05, 3.63) is 75.1 Å². The number of carboxylic acid groups (broad SMARTS) is 1. The number of ketones is 2. The average Bonchev–Trinajstić information content (AvgIpc) is 3.50. The number of aromatic nitrogens is 1. The molecule has 3 aromatic heterocycles. The van der Waals surface area contributed by atoms with Crippen molar-refractivity contribution < 1.29 is 27.9 Å². The lowest BCUT2D eigenvalue weighted by Crippen LogP contribution is -2.15. The van der Waals surface area contributed by atoms with Crippen LogP contribution in [0.1, 0.15) is 50.0 Å². The molecule has 0 spiro atoms. The van der Waals surface area contributed by atoms with Gasteiger partial charge < -0.3 is 9.67 Å². The number of nitrogens with zero attached hydrogens (tertiary/aromatic N) is 1. The first-order chi connectivity index (χ1) is 14.8. The molecule has 0 aromatic carbocycles. The second kappa shape index (κ2) is 8.03. The molecule has 1 atom stereocenters. The minimum atomic E-state index is -3.75. The number of thiophene rings is 2. The van der Waals surface area contributed by atoms with E-state index in [-0.39, 0.29) is 33.3 Å². The van der Waals surface area contributed by atoms with E-state index in [1.807, 2.05) is 0 Å². The van der Waals surface area contributed by atoms with Crippen LogP contribution >= 0.6 is 22.7 Å². The Kier molecular flexibility index (Phi) is 5.54. The maximum Gasteiger partial charge on any atom is 0.312 e. The Bertz CT molecular complexity index is 1310. The van der Waals surface area contributed by atoms with E-state index in [4.69, 9.17) is 0 Å². The van der Waals surface area contributed by atoms with Crippen LogP contribution in [0.15, 0.2) is 51.2 Å². The van der Waals surface area contributed by atoms with E-state index in [1.54, 1.807) is 21.4 Å². The summed E-state index contributed by atoms with van der Waals surface area (Å²) < 4.78 is 26.6. The summed E-state index contributed by atoms with van der Waals surface area (Å²) >= 11 is 2.26. The van der Waals surface area contributed by atoms with E-state index in [0.717, 1.165) is 11.3 Å². The van der Waals surface area contributed by atoms with Gasteiger partial charge in [-0.1, -0.05) is 6.08 Å². The van der Waals surface area contributed by atoms with Gasteiger partial charge in [0.2, 0.25) is 5.78 Å². The minimum absolute atomic E-state index is 0.0191. The summed E-state index contributed by atoms with van der Waals surface area (Å²) in [5.74, 6) is -3.19. The van der Waals surface area contributed by atoms with Crippen molar-refractivity contribution in [1.82, 2.24) is 4.57 Å². The molecule has 0 bridgehead atoms. The molecule has 31 heavy (non-hydrogen) atoms. The number of hydrogen-bond acceptors (Lipinski definition) is 7. The highest BCUT2D eigenvalue weighted by Crippen LogP contribution is 2.36. The maximum atomic E-state index is 13.5. The van der Waals surface area contributed by atoms with Crippen molar-refractivity contribution in [3.63, 3.8) is 0 Å². The summed E-state index contributed by atoms with van der Waals surface area (Å²) in [6.45, 7) is 3.74. The standard InChI is InChI=1S/C21H17NO6S3/c1-2-9-31(27,28)21-14(5-8-30-21)19(24)15-10-16-13(20(25)26)3-6-22(16)17(15)18(23)12-4-7-29-11-12/h2,4-5,7-8,10-11,13H,1,3,6,9H2,(H,25,26). The fourth-order valence-corrected chi connectivity index (χ4v) is 6.95. The molecule has 10 heteroatoms. The van der Waals surface area contributed by atoms with Gasteiger partial charge in [-0.05, 0) is 35.4 Å². The summed E-state index contributed by atoms with van der Waals surface area (Å²) in [5, 5.41) is 14.4. The highest BCUT2D eigenvalue weighted by Gasteiger charge is 2.37. The van der Waals surface area contributed by atoms with Crippen LogP contribution < -0.4 is 0 Å². The lowest BCUT2D eigenvalue weighted by Gasteiger charge is -2.08. The molecule has 1 unspecified atom stereocenters. The fourth-order valence-electron chi connectivity index (χ4n) is 3.78. The second-order valence-corrected chi connectivity index (χ2v) is 11.0. The maximum absolute atomic E-state index is 13.5. The first-order valence-corrected chi connectivity index (χ1v) is 12.7. The molecule has 1 aliphatic heterocycles. The third-order valence-corrected chi connectivity index (χ3v) is 9.06. The third-order valence-electron chi connectivity index (χ3n) is 5.16. The number of aliphatic carboxylic acids is 1. The summed E-state index contributed by atoms with van der Waals surface area (Å²) in [4.78, 5) is 38.4. The van der Waals surface area contributed by atoms with Crippen LogP contribution in [-0.4, -0.2) is 41.4 Å². The molecular formula is C21H17NO6S3. The number of rotatable bonds is 8. The van der Waals surface area contributed by atoms with E-state index in [9.17, 15) is 27.9 Å². The average molecular weight is 476 g/mol. The Hall–Kier alpha value is -2.82. The minimum Gasteiger partial charge on any atom is -0.481 e. The summed E-state index contributed by atoms with van der Waals surface area (Å²) in [5.41, 5.74) is 0.858. The zero-order chi connectivity index (χ0) is 22.3. The molecule has 0 fully saturated rings. The highest BCUT2D eigenvalue weighted by atomic mass is 32.2. The molecule has 4 rings (SSSR count). The van der Waals surface area contributed by atoms with Crippen molar-refractivity contribution >= 4 is 50.0 Å². The zero-order valence-corrected chi connectivity index (χ0v) is 18.6. The molecule has 0 radical (unpaired) electrons. The van der Waals surface area contributed by atoms with Gasteiger partial charge in [0, 0.05) is 23.2 Å². The number of sulfone groups is 1. The van der Waals surface area contributed by atoms with Crippen molar-refractivity contribution in [1.29, 1.82) is 0 Å². The first-order valence-electron chi connectivity index (χ1n) is 9.25. The quantitative estimate of drug-likeness (QED) is 0.394. The van der Waals surface area contributed by atoms with Gasteiger partial charge in [-0.2, -0.15) is 11.3 Å². The Labute approximate surface area is 186 Å². The normalized spacial score (nSPS) is 15.5. The Balaban J connectivity index is 1.88. The monoisotopic (exact) mass is 475 g/mol. The lowest BCUT2D eigenvalue weighted by atomic mass is 9.99. The Morgan fingerprint density at radius 3 is 2.61 bits per heavy atom. The van der Waals surface area contributed by atoms with E-state index < -0.39 is 33.3 Å². The predicted octanol–water partition coefficient (Wildman–Crippen LogP) is 3.60. The predicted molar refractivity (Wildman–Crippen MR) is 117 cm³/mol. The second-order valence-electron chi connectivity index (χ2n) is 7.02. The molecule has 0 saturated heterocycles. The Morgan fingerprint density at radius 2 is 1.97 bits per heavy atom.